The quantitative estimate of drug-likeness (QED) is 0.134. The number of para-hydroxylation sites is 2. The number of rotatable bonds is 9. The van der Waals surface area contributed by atoms with Crippen molar-refractivity contribution in [2.24, 2.45) is 0 Å². The van der Waals surface area contributed by atoms with Crippen LogP contribution >= 0.6 is 0 Å². The maximum Gasteiger partial charge on any atom is 0.160 e. The summed E-state index contributed by atoms with van der Waals surface area (Å²) in [7, 11) is 0. The van der Waals surface area contributed by atoms with Gasteiger partial charge in [0.2, 0.25) is 0 Å². The Labute approximate surface area is 397 Å². The third kappa shape index (κ3) is 7.28. The summed E-state index contributed by atoms with van der Waals surface area (Å²) in [6.07, 6.45) is 0. The summed E-state index contributed by atoms with van der Waals surface area (Å²) < 4.78 is 89.8. The molecule has 0 saturated carbocycles. The first-order valence-corrected chi connectivity index (χ1v) is 22.5. The van der Waals surface area contributed by atoms with Gasteiger partial charge in [-0.1, -0.05) is 60.7 Å². The predicted molar refractivity (Wildman–Crippen MR) is 270 cm³/mol. The Balaban J connectivity index is 0.909. The molecule has 0 bridgehead atoms. The van der Waals surface area contributed by atoms with Crippen LogP contribution in [-0.4, -0.2) is 9.13 Å². The smallest absolute Gasteiger partial charge is 0.160 e. The Morgan fingerprint density at radius 3 is 0.957 bits per heavy atom. The van der Waals surface area contributed by atoms with Crippen LogP contribution in [0.15, 0.2) is 218 Å². The summed E-state index contributed by atoms with van der Waals surface area (Å²) in [6.45, 7) is 0. The Hall–Kier alpha value is -9.02. The fourth-order valence-corrected chi connectivity index (χ4v) is 9.69. The van der Waals surface area contributed by atoms with Gasteiger partial charge in [-0.25, -0.2) is 26.3 Å². The number of hydrogen-bond acceptors (Lipinski definition) is 2. The average molecular weight is 927 g/mol. The molecule has 0 saturated heterocycles. The van der Waals surface area contributed by atoms with Gasteiger partial charge in [0.05, 0.1) is 22.1 Å². The van der Waals surface area contributed by atoms with E-state index in [4.69, 9.17) is 0 Å². The van der Waals surface area contributed by atoms with Crippen molar-refractivity contribution in [1.29, 1.82) is 0 Å². The SMILES string of the molecule is Fc1ccc(N(c2ccc(-c3ccc(N(c4ccc(F)cc4)c4ccc5c(c4)c4ccccc4n5-c4ccc(F)c(F)c4)cc3)cc2)c2ccc3c(c2)c2ccccc2n3-c2ccc(F)c(F)c2)cc1. The molecular formula is C60H36F6N4. The van der Waals surface area contributed by atoms with E-state index in [-0.39, 0.29) is 11.6 Å². The van der Waals surface area contributed by atoms with E-state index in [1.807, 2.05) is 140 Å². The standard InChI is InChI=1S/C60H36F6N4/c61-39-13-21-43(22-14-39)67(45-27-31-59-51(33-45)49-5-1-3-7-57(49)69(59)47-25-29-53(63)55(65)35-47)41-17-9-37(10-18-41)38-11-19-42(20-12-38)68(44-23-15-40(62)16-24-44)46-28-32-60-52(34-46)50-6-2-4-8-58(50)70(60)48-26-30-54(64)56(66)36-48/h1-36H. The first kappa shape index (κ1) is 42.3. The molecule has 12 aromatic rings. The van der Waals surface area contributed by atoms with E-state index in [0.717, 1.165) is 101 Å². The molecule has 0 aliphatic rings. The lowest BCUT2D eigenvalue weighted by atomic mass is 10.0. The van der Waals surface area contributed by atoms with Crippen LogP contribution in [0.3, 0.4) is 0 Å². The number of nitrogens with zero attached hydrogens (tertiary/aromatic N) is 4. The lowest BCUT2D eigenvalue weighted by Gasteiger charge is -2.26. The molecule has 0 aliphatic carbocycles. The minimum atomic E-state index is -0.935. The van der Waals surface area contributed by atoms with E-state index in [1.165, 1.54) is 36.4 Å². The average Bonchev–Trinajstić information content (AvgIpc) is 3.90. The van der Waals surface area contributed by atoms with Gasteiger partial charge in [-0.15, -0.1) is 0 Å². The van der Waals surface area contributed by atoms with Crippen LogP contribution in [0.1, 0.15) is 0 Å². The minimum Gasteiger partial charge on any atom is -0.310 e. The van der Waals surface area contributed by atoms with E-state index in [9.17, 15) is 26.3 Å². The van der Waals surface area contributed by atoms with Crippen molar-refractivity contribution >= 4 is 77.7 Å². The molecule has 338 valence electrons. The third-order valence-corrected chi connectivity index (χ3v) is 12.9. The minimum absolute atomic E-state index is 0.363. The Morgan fingerprint density at radius 1 is 0.257 bits per heavy atom. The molecule has 0 unspecified atom stereocenters. The molecule has 4 nitrogen and oxygen atoms in total. The molecule has 0 amide bonds. The molecular weight excluding hydrogens is 891 g/mol. The second kappa shape index (κ2) is 16.9. The van der Waals surface area contributed by atoms with E-state index in [1.54, 1.807) is 36.4 Å². The van der Waals surface area contributed by atoms with Gasteiger partial charge in [0.1, 0.15) is 11.6 Å². The maximum absolute atomic E-state index is 14.6. The van der Waals surface area contributed by atoms with Crippen molar-refractivity contribution in [1.82, 2.24) is 9.13 Å². The highest BCUT2D eigenvalue weighted by atomic mass is 19.2. The van der Waals surface area contributed by atoms with Gasteiger partial charge in [-0.3, -0.25) is 0 Å². The maximum atomic E-state index is 14.6. The Bertz CT molecular complexity index is 3700. The van der Waals surface area contributed by atoms with Crippen LogP contribution in [0.2, 0.25) is 0 Å². The van der Waals surface area contributed by atoms with Gasteiger partial charge in [-0.05, 0) is 157 Å². The Kier molecular flexibility index (Phi) is 10.2. The van der Waals surface area contributed by atoms with Crippen LogP contribution in [0.25, 0.3) is 66.1 Å². The first-order chi connectivity index (χ1) is 34.2. The summed E-state index contributed by atoms with van der Waals surface area (Å²) >= 11 is 0. The molecule has 0 fully saturated rings. The van der Waals surface area contributed by atoms with Crippen LogP contribution in [0.4, 0.5) is 60.5 Å². The lowest BCUT2D eigenvalue weighted by molar-refractivity contribution is 0.508. The zero-order valence-corrected chi connectivity index (χ0v) is 36.8. The predicted octanol–water partition coefficient (Wildman–Crippen LogP) is 17.3. The monoisotopic (exact) mass is 926 g/mol. The van der Waals surface area contributed by atoms with Crippen molar-refractivity contribution < 1.29 is 26.3 Å². The summed E-state index contributed by atoms with van der Waals surface area (Å²) in [6, 6.07) is 64.1. The normalized spacial score (nSPS) is 11.6. The number of benzene rings is 10. The van der Waals surface area contributed by atoms with E-state index in [0.29, 0.717) is 11.4 Å². The van der Waals surface area contributed by atoms with Crippen LogP contribution in [0, 0.1) is 34.9 Å². The van der Waals surface area contributed by atoms with Crippen LogP contribution in [0.5, 0.6) is 0 Å². The highest BCUT2D eigenvalue weighted by Crippen LogP contribution is 2.43. The van der Waals surface area contributed by atoms with Crippen molar-refractivity contribution in [2.45, 2.75) is 0 Å². The van der Waals surface area contributed by atoms with Crippen LogP contribution in [-0.2, 0) is 0 Å². The fraction of sp³-hybridized carbons (Fsp3) is 0. The fourth-order valence-electron chi connectivity index (χ4n) is 9.69. The molecule has 0 aliphatic heterocycles. The molecule has 0 atom stereocenters. The molecule has 0 radical (unpaired) electrons. The van der Waals surface area contributed by atoms with Gasteiger partial charge >= 0.3 is 0 Å². The summed E-state index contributed by atoms with van der Waals surface area (Å²) in [5.41, 5.74) is 10.8. The molecule has 10 heteroatoms. The van der Waals surface area contributed by atoms with E-state index >= 15 is 0 Å². The number of aromatic nitrogens is 2. The zero-order chi connectivity index (χ0) is 47.6. The summed E-state index contributed by atoms with van der Waals surface area (Å²) in [5, 5.41) is 3.63. The largest absolute Gasteiger partial charge is 0.310 e. The van der Waals surface area contributed by atoms with Gasteiger partial charge in [0.25, 0.3) is 0 Å². The van der Waals surface area contributed by atoms with Crippen molar-refractivity contribution in [2.75, 3.05) is 9.80 Å². The first-order valence-electron chi connectivity index (χ1n) is 22.5. The number of halogens is 6. The number of anilines is 6. The van der Waals surface area contributed by atoms with Gasteiger partial charge in [0, 0.05) is 79.2 Å². The highest BCUT2D eigenvalue weighted by Gasteiger charge is 2.21. The van der Waals surface area contributed by atoms with Crippen molar-refractivity contribution in [3.05, 3.63) is 253 Å². The van der Waals surface area contributed by atoms with Gasteiger partial charge < -0.3 is 18.9 Å². The molecule has 70 heavy (non-hydrogen) atoms. The van der Waals surface area contributed by atoms with Gasteiger partial charge in [-0.2, -0.15) is 0 Å². The molecule has 2 heterocycles. The third-order valence-electron chi connectivity index (χ3n) is 12.9. The number of hydrogen-bond donors (Lipinski definition) is 0. The van der Waals surface area contributed by atoms with Crippen molar-refractivity contribution in [3.8, 4) is 22.5 Å². The number of fused-ring (bicyclic) bond motifs is 6. The molecule has 10 aromatic carbocycles. The second-order valence-electron chi connectivity index (χ2n) is 17.0. The lowest BCUT2D eigenvalue weighted by Crippen LogP contribution is -2.10. The van der Waals surface area contributed by atoms with E-state index < -0.39 is 23.3 Å². The summed E-state index contributed by atoms with van der Waals surface area (Å²) in [4.78, 5) is 4.09. The summed E-state index contributed by atoms with van der Waals surface area (Å²) in [5.74, 6) is -4.44. The molecule has 0 N–H and O–H groups in total. The topological polar surface area (TPSA) is 16.3 Å². The highest BCUT2D eigenvalue weighted by molar-refractivity contribution is 6.12. The van der Waals surface area contributed by atoms with Crippen LogP contribution < -0.4 is 9.80 Å². The zero-order valence-electron chi connectivity index (χ0n) is 36.8. The Morgan fingerprint density at radius 2 is 0.586 bits per heavy atom. The van der Waals surface area contributed by atoms with E-state index in [2.05, 4.69) is 12.1 Å². The second-order valence-corrected chi connectivity index (χ2v) is 17.0. The molecule has 2 aromatic heterocycles. The molecule has 0 spiro atoms. The van der Waals surface area contributed by atoms with Gasteiger partial charge in [0.15, 0.2) is 23.3 Å². The molecule has 12 rings (SSSR count). The van der Waals surface area contributed by atoms with Crippen molar-refractivity contribution in [3.63, 3.8) is 0 Å².